The first-order valence-electron chi connectivity index (χ1n) is 9.24. The molecule has 0 unspecified atom stereocenters. The molecule has 3 rings (SSSR count). The second-order valence-electron chi connectivity index (χ2n) is 6.43. The van der Waals surface area contributed by atoms with Crippen LogP contribution < -0.4 is 4.90 Å². The van der Waals surface area contributed by atoms with E-state index in [1.54, 1.807) is 77.7 Å². The van der Waals surface area contributed by atoms with Crippen LogP contribution in [-0.2, 0) is 9.47 Å². The number of carbonyl (C=O) groups is 3. The fourth-order valence-corrected chi connectivity index (χ4v) is 3.26. The van der Waals surface area contributed by atoms with Gasteiger partial charge in [-0.05, 0) is 30.3 Å². The van der Waals surface area contributed by atoms with Gasteiger partial charge in [0, 0.05) is 5.56 Å². The number of carbonyl (C=O) groups excluding carboxylic acids is 3. The highest BCUT2D eigenvalue weighted by atomic mass is 16.5. The minimum atomic E-state index is -0.536. The number of nitrogens with zero attached hydrogens (tertiary/aromatic N) is 1. The van der Waals surface area contributed by atoms with E-state index in [1.807, 2.05) is 0 Å². The molecular formula is C23H20BNO5. The summed E-state index contributed by atoms with van der Waals surface area (Å²) in [7, 11) is 4.07. The van der Waals surface area contributed by atoms with Crippen molar-refractivity contribution in [1.29, 1.82) is 0 Å². The molecule has 0 aliphatic heterocycles. The molecule has 0 amide bonds. The van der Waals surface area contributed by atoms with Crippen molar-refractivity contribution in [3.05, 3.63) is 89.5 Å². The predicted octanol–water partition coefficient (Wildman–Crippen LogP) is 3.50. The third-order valence-corrected chi connectivity index (χ3v) is 4.62. The number of para-hydroxylation sites is 3. The Morgan fingerprint density at radius 2 is 0.967 bits per heavy atom. The molecule has 0 heterocycles. The fourth-order valence-electron chi connectivity index (χ4n) is 3.26. The zero-order valence-electron chi connectivity index (χ0n) is 16.9. The van der Waals surface area contributed by atoms with Gasteiger partial charge in [0.05, 0.1) is 42.4 Å². The van der Waals surface area contributed by atoms with E-state index < -0.39 is 11.9 Å². The first kappa shape index (κ1) is 20.9. The van der Waals surface area contributed by atoms with Gasteiger partial charge in [-0.25, -0.2) is 9.59 Å². The lowest BCUT2D eigenvalue weighted by molar-refractivity contribution is 0.0594. The van der Waals surface area contributed by atoms with Crippen LogP contribution in [0.3, 0.4) is 0 Å². The van der Waals surface area contributed by atoms with E-state index >= 15 is 0 Å². The number of hydrogen-bond donors (Lipinski definition) is 0. The molecule has 0 aliphatic carbocycles. The predicted molar refractivity (Wildman–Crippen MR) is 117 cm³/mol. The van der Waals surface area contributed by atoms with Gasteiger partial charge < -0.3 is 19.2 Å². The van der Waals surface area contributed by atoms with E-state index in [2.05, 4.69) is 0 Å². The normalized spacial score (nSPS) is 10.2. The molecule has 0 spiro atoms. The lowest BCUT2D eigenvalue weighted by Crippen LogP contribution is -2.20. The lowest BCUT2D eigenvalue weighted by Gasteiger charge is -2.29. The maximum atomic E-state index is 12.5. The average Bonchev–Trinajstić information content (AvgIpc) is 2.79. The molecule has 0 radical (unpaired) electrons. The molecule has 0 fully saturated rings. The summed E-state index contributed by atoms with van der Waals surface area (Å²) in [6.07, 6.45) is 0. The molecule has 3 aromatic rings. The van der Waals surface area contributed by atoms with Crippen LogP contribution in [-0.4, -0.2) is 39.7 Å². The summed E-state index contributed by atoms with van der Waals surface area (Å²) in [5.74, 6) is -1.07. The molecule has 6 nitrogen and oxygen atoms in total. The van der Waals surface area contributed by atoms with Gasteiger partial charge in [0.2, 0.25) is 0 Å². The second kappa shape index (κ2) is 9.09. The zero-order valence-corrected chi connectivity index (χ0v) is 16.9. The van der Waals surface area contributed by atoms with Gasteiger partial charge in [0.25, 0.3) is 0 Å². The van der Waals surface area contributed by atoms with Crippen molar-refractivity contribution in [2.24, 2.45) is 0 Å². The Morgan fingerprint density at radius 3 is 1.33 bits per heavy atom. The molecule has 0 aromatic heterocycles. The highest BCUT2D eigenvalue weighted by molar-refractivity contribution is 6.63. The third-order valence-electron chi connectivity index (χ3n) is 4.62. The van der Waals surface area contributed by atoms with Gasteiger partial charge in [0.1, 0.15) is 5.68 Å². The number of methoxy groups -OCH3 is 2. The Hall–Kier alpha value is -3.87. The summed E-state index contributed by atoms with van der Waals surface area (Å²) in [6, 6.07) is 20.7. The van der Waals surface area contributed by atoms with E-state index in [0.717, 1.165) is 0 Å². The van der Waals surface area contributed by atoms with E-state index in [0.29, 0.717) is 22.6 Å². The van der Waals surface area contributed by atoms with Gasteiger partial charge in [-0.15, -0.1) is 0 Å². The Labute approximate surface area is 175 Å². The van der Waals surface area contributed by atoms with Crippen LogP contribution in [0.2, 0.25) is 0 Å². The molecule has 0 aliphatic rings. The molecule has 0 atom stereocenters. The van der Waals surface area contributed by atoms with Crippen molar-refractivity contribution in [1.82, 2.24) is 0 Å². The summed E-state index contributed by atoms with van der Waals surface area (Å²) < 4.78 is 9.90. The van der Waals surface area contributed by atoms with Gasteiger partial charge >= 0.3 is 11.9 Å². The summed E-state index contributed by atoms with van der Waals surface area (Å²) >= 11 is 0. The Bertz CT molecular complexity index is 1050. The molecular weight excluding hydrogens is 381 g/mol. The van der Waals surface area contributed by atoms with Gasteiger partial charge in [-0.3, -0.25) is 0 Å². The number of esters is 2. The van der Waals surface area contributed by atoms with Crippen LogP contribution in [0, 0.1) is 0 Å². The average molecular weight is 401 g/mol. The third kappa shape index (κ3) is 3.96. The highest BCUT2D eigenvalue weighted by Gasteiger charge is 2.26. The quantitative estimate of drug-likeness (QED) is 0.465. The summed E-state index contributed by atoms with van der Waals surface area (Å²) in [5.41, 5.74) is 2.33. The van der Waals surface area contributed by atoms with Crippen LogP contribution in [0.25, 0.3) is 0 Å². The molecule has 0 saturated heterocycles. The number of hydrogen-bond acceptors (Lipinski definition) is 6. The van der Waals surface area contributed by atoms with Crippen molar-refractivity contribution in [3.8, 4) is 0 Å². The van der Waals surface area contributed by atoms with Crippen molar-refractivity contribution >= 4 is 42.5 Å². The lowest BCUT2D eigenvalue weighted by atomic mass is 9.92. The minimum absolute atomic E-state index is 0.151. The van der Waals surface area contributed by atoms with Crippen LogP contribution in [0.15, 0.2) is 72.8 Å². The molecule has 0 N–H and O–H groups in total. The van der Waals surface area contributed by atoms with Crippen LogP contribution in [0.1, 0.15) is 31.1 Å². The fraction of sp³-hybridized carbons (Fsp3) is 0.0870. The van der Waals surface area contributed by atoms with Crippen molar-refractivity contribution in [2.75, 3.05) is 19.1 Å². The van der Waals surface area contributed by atoms with Crippen molar-refractivity contribution in [2.45, 2.75) is 0 Å². The zero-order chi connectivity index (χ0) is 21.7. The molecule has 0 saturated carbocycles. The molecule has 30 heavy (non-hydrogen) atoms. The molecule has 150 valence electrons. The van der Waals surface area contributed by atoms with E-state index in [9.17, 15) is 14.4 Å². The maximum absolute atomic E-state index is 12.5. The minimum Gasteiger partial charge on any atom is -0.465 e. The number of anilines is 3. The monoisotopic (exact) mass is 401 g/mol. The van der Waals surface area contributed by atoms with Crippen molar-refractivity contribution in [3.63, 3.8) is 0 Å². The Kier molecular flexibility index (Phi) is 6.32. The van der Waals surface area contributed by atoms with Crippen LogP contribution >= 0.6 is 0 Å². The molecule has 0 bridgehead atoms. The van der Waals surface area contributed by atoms with E-state index in [-0.39, 0.29) is 16.8 Å². The van der Waals surface area contributed by atoms with Crippen LogP contribution in [0.4, 0.5) is 17.1 Å². The number of ether oxygens (including phenoxy) is 2. The van der Waals surface area contributed by atoms with Crippen molar-refractivity contribution < 1.29 is 23.9 Å². The first-order valence-corrected chi connectivity index (χ1v) is 9.24. The maximum Gasteiger partial charge on any atom is 0.339 e. The number of rotatable bonds is 6. The largest absolute Gasteiger partial charge is 0.465 e. The van der Waals surface area contributed by atoms with E-state index in [4.69, 9.17) is 9.47 Å². The molecule has 7 heteroatoms. The Balaban J connectivity index is 2.39. The first-order chi connectivity index (χ1) is 14.5. The van der Waals surface area contributed by atoms with Crippen LogP contribution in [0.5, 0.6) is 0 Å². The van der Waals surface area contributed by atoms with E-state index in [1.165, 1.54) is 22.1 Å². The van der Waals surface area contributed by atoms with Gasteiger partial charge in [-0.1, -0.05) is 42.5 Å². The molecule has 3 aromatic carbocycles. The van der Waals surface area contributed by atoms with Gasteiger partial charge in [0.15, 0.2) is 7.85 Å². The summed E-state index contributed by atoms with van der Waals surface area (Å²) in [6.45, 7) is 0. The summed E-state index contributed by atoms with van der Waals surface area (Å²) in [5, 5.41) is 0. The smallest absolute Gasteiger partial charge is 0.339 e. The standard InChI is InChI=1S/C23H20BNO5/c1-29-22(27)16-10-4-7-13-19(16)25(18-12-6-3-9-15(18)21(24)26)20-14-8-5-11-17(20)23(28)30-2/h3-14H,24H2,1-2H3. The number of benzene rings is 3. The topological polar surface area (TPSA) is 72.9 Å². The summed E-state index contributed by atoms with van der Waals surface area (Å²) in [4.78, 5) is 39.1. The van der Waals surface area contributed by atoms with Gasteiger partial charge in [-0.2, -0.15) is 0 Å². The SMILES string of the molecule is BC(=O)c1ccccc1N(c1ccccc1C(=O)OC)c1ccccc1C(=O)OC. The highest BCUT2D eigenvalue weighted by Crippen LogP contribution is 2.40. The second-order valence-corrected chi connectivity index (χ2v) is 6.43. The Morgan fingerprint density at radius 1 is 0.633 bits per heavy atom.